The van der Waals surface area contributed by atoms with Crippen molar-refractivity contribution >= 4 is 27.2 Å². The van der Waals surface area contributed by atoms with Crippen molar-refractivity contribution in [2.75, 3.05) is 6.54 Å². The van der Waals surface area contributed by atoms with Gasteiger partial charge in [-0.3, -0.25) is 24.5 Å². The van der Waals surface area contributed by atoms with E-state index in [1.807, 2.05) is 6.07 Å². The molecular formula is C32H38FN5O4S. The van der Waals surface area contributed by atoms with Gasteiger partial charge in [0.1, 0.15) is 34.4 Å². The zero-order valence-corrected chi connectivity index (χ0v) is 26.6. The first-order valence-corrected chi connectivity index (χ1v) is 16.1. The van der Waals surface area contributed by atoms with Crippen LogP contribution in [0.1, 0.15) is 100 Å². The van der Waals surface area contributed by atoms with Crippen LogP contribution in [-0.2, 0) is 31.2 Å². The highest BCUT2D eigenvalue weighted by molar-refractivity contribution is 7.96. The molecular weight excluding hydrogens is 569 g/mol. The number of aryl methyl sites for hydroxylation is 1. The van der Waals surface area contributed by atoms with Gasteiger partial charge in [-0.05, 0) is 96.9 Å². The number of pyridine rings is 2. The maximum atomic E-state index is 15.8. The van der Waals surface area contributed by atoms with Gasteiger partial charge in [-0.2, -0.15) is 5.26 Å². The lowest BCUT2D eigenvalue weighted by atomic mass is 9.84. The number of aliphatic imine (C=N–C) groups is 1. The second-order valence-corrected chi connectivity index (χ2v) is 16.7. The van der Waals surface area contributed by atoms with Gasteiger partial charge in [0, 0.05) is 17.6 Å². The van der Waals surface area contributed by atoms with Crippen molar-refractivity contribution in [1.29, 1.82) is 5.26 Å². The van der Waals surface area contributed by atoms with Crippen LogP contribution in [0.3, 0.4) is 0 Å². The summed E-state index contributed by atoms with van der Waals surface area (Å²) < 4.78 is 40.2. The summed E-state index contributed by atoms with van der Waals surface area (Å²) in [6.45, 7) is 12.8. The third-order valence-corrected chi connectivity index (χ3v) is 12.5. The minimum Gasteiger partial charge on any atom is -0.460 e. The molecule has 0 bridgehead atoms. The Kier molecular flexibility index (Phi) is 7.40. The molecule has 43 heavy (non-hydrogen) atoms. The summed E-state index contributed by atoms with van der Waals surface area (Å²) in [7, 11) is -3.07. The van der Waals surface area contributed by atoms with Gasteiger partial charge in [0.25, 0.3) is 0 Å². The van der Waals surface area contributed by atoms with Crippen molar-refractivity contribution in [3.8, 4) is 6.07 Å². The highest BCUT2D eigenvalue weighted by Crippen LogP contribution is 2.59. The second kappa shape index (κ2) is 10.3. The van der Waals surface area contributed by atoms with E-state index in [-0.39, 0.29) is 35.4 Å². The first-order chi connectivity index (χ1) is 19.9. The van der Waals surface area contributed by atoms with E-state index >= 15 is 8.60 Å². The van der Waals surface area contributed by atoms with Crippen molar-refractivity contribution in [1.82, 2.24) is 9.97 Å². The van der Waals surface area contributed by atoms with E-state index in [9.17, 15) is 9.59 Å². The number of Topliss-reactive ketones (excluding diaryl/α,β-unsaturated/α-hetero) is 1. The number of carbonyl (C=O) groups is 2. The van der Waals surface area contributed by atoms with Gasteiger partial charge in [0.15, 0.2) is 5.78 Å². The van der Waals surface area contributed by atoms with Gasteiger partial charge >= 0.3 is 5.97 Å². The smallest absolute Gasteiger partial charge is 0.312 e. The molecule has 0 N–H and O–H groups in total. The van der Waals surface area contributed by atoms with Gasteiger partial charge in [-0.1, -0.05) is 0 Å². The number of nitrogens with zero attached hydrogens (tertiary/aromatic N) is 5. The fourth-order valence-electron chi connectivity index (χ4n) is 6.20. The molecule has 1 fully saturated rings. The molecule has 1 spiro atoms. The number of carbonyl (C=O) groups excluding carboxylic acids is 2. The lowest BCUT2D eigenvalue weighted by molar-refractivity contribution is -0.153. The molecule has 0 unspecified atom stereocenters. The predicted molar refractivity (Wildman–Crippen MR) is 161 cm³/mol. The average Bonchev–Trinajstić information content (AvgIpc) is 3.67. The van der Waals surface area contributed by atoms with Crippen LogP contribution in [-0.4, -0.2) is 53.8 Å². The van der Waals surface area contributed by atoms with Gasteiger partial charge in [0.2, 0.25) is 0 Å². The van der Waals surface area contributed by atoms with E-state index in [0.717, 1.165) is 12.8 Å². The SMILES string of the molecule is Cc1cc(C#N)cnc1C(=O)Cc1ccc(F)c([C@@]2(C)N=C(CC(=O)OC(C)(C)C)C(C)(C)[S@@]3(=O)=NCC4(CC4)C[C@@H]23)n1. The van der Waals surface area contributed by atoms with Crippen LogP contribution in [0.2, 0.25) is 0 Å². The second-order valence-electron chi connectivity index (χ2n) is 13.8. The number of ketones is 1. The Labute approximate surface area is 252 Å². The number of fused-ring (bicyclic) bond motifs is 1. The Morgan fingerprint density at radius 2 is 1.88 bits per heavy atom. The summed E-state index contributed by atoms with van der Waals surface area (Å²) in [6, 6.07) is 6.30. The van der Waals surface area contributed by atoms with Crippen molar-refractivity contribution in [3.63, 3.8) is 0 Å². The summed E-state index contributed by atoms with van der Waals surface area (Å²) in [4.78, 5) is 40.1. The molecule has 0 saturated heterocycles. The summed E-state index contributed by atoms with van der Waals surface area (Å²) in [5, 5.41) is 8.48. The van der Waals surface area contributed by atoms with Crippen LogP contribution in [0.25, 0.3) is 0 Å². The average molecular weight is 608 g/mol. The molecule has 9 nitrogen and oxygen atoms in total. The maximum Gasteiger partial charge on any atom is 0.312 e. The van der Waals surface area contributed by atoms with Crippen molar-refractivity contribution < 1.29 is 22.9 Å². The van der Waals surface area contributed by atoms with Crippen LogP contribution >= 0.6 is 0 Å². The fourth-order valence-corrected chi connectivity index (χ4v) is 9.70. The predicted octanol–water partition coefficient (Wildman–Crippen LogP) is 5.42. The molecule has 2 aliphatic heterocycles. The quantitative estimate of drug-likeness (QED) is 0.316. The van der Waals surface area contributed by atoms with E-state index in [1.54, 1.807) is 54.5 Å². The minimum absolute atomic E-state index is 0.0230. The van der Waals surface area contributed by atoms with E-state index in [4.69, 9.17) is 19.4 Å². The van der Waals surface area contributed by atoms with Crippen LogP contribution in [0.4, 0.5) is 4.39 Å². The van der Waals surface area contributed by atoms with Crippen LogP contribution in [0.15, 0.2) is 33.8 Å². The summed E-state index contributed by atoms with van der Waals surface area (Å²) in [5.74, 6) is -1.48. The molecule has 1 saturated carbocycles. The van der Waals surface area contributed by atoms with Gasteiger partial charge in [-0.15, -0.1) is 0 Å². The van der Waals surface area contributed by atoms with E-state index in [2.05, 4.69) is 9.97 Å². The van der Waals surface area contributed by atoms with Crippen molar-refractivity contribution in [2.24, 2.45) is 14.8 Å². The Balaban J connectivity index is 1.60. The van der Waals surface area contributed by atoms with Gasteiger partial charge < -0.3 is 4.74 Å². The third-order valence-electron chi connectivity index (χ3n) is 8.90. The number of rotatable bonds is 6. The molecule has 1 aliphatic carbocycles. The number of hydrogen-bond donors (Lipinski definition) is 0. The summed E-state index contributed by atoms with van der Waals surface area (Å²) in [5.41, 5.74) is -0.483. The van der Waals surface area contributed by atoms with Crippen LogP contribution in [0, 0.1) is 29.5 Å². The third kappa shape index (κ3) is 5.50. The molecule has 3 aliphatic rings. The Hall–Kier alpha value is -3.52. The number of esters is 1. The first kappa shape index (κ1) is 30.9. The molecule has 2 aromatic rings. The largest absolute Gasteiger partial charge is 0.460 e. The molecule has 2 aromatic heterocycles. The molecule has 5 rings (SSSR count). The zero-order valence-electron chi connectivity index (χ0n) is 25.8. The molecule has 0 radical (unpaired) electrons. The van der Waals surface area contributed by atoms with E-state index in [0.29, 0.717) is 35.5 Å². The van der Waals surface area contributed by atoms with Crippen LogP contribution in [0.5, 0.6) is 0 Å². The first-order valence-electron chi connectivity index (χ1n) is 14.5. The number of nitriles is 1. The Morgan fingerprint density at radius 1 is 1.19 bits per heavy atom. The molecule has 0 aromatic carbocycles. The van der Waals surface area contributed by atoms with Gasteiger partial charge in [-0.25, -0.2) is 13.0 Å². The molecule has 4 heterocycles. The number of aromatic nitrogens is 2. The summed E-state index contributed by atoms with van der Waals surface area (Å²) >= 11 is 0. The Bertz CT molecular complexity index is 1720. The highest BCUT2D eigenvalue weighted by Gasteiger charge is 2.62. The Morgan fingerprint density at radius 3 is 2.49 bits per heavy atom. The zero-order chi connectivity index (χ0) is 31.6. The standard InChI is InChI=1S/C32H38FN5O4S/c1-19-12-20(16-34)17-35-27(19)23(39)13-21-8-9-22(33)28(37-21)31(7)25-15-32(10-11-32)18-36-43(25,41)30(5,6)24(38-31)14-26(40)42-29(2,3)4/h8-9,12,17,25H,10-11,13-15,18H2,1-7H3/t25-,31-,43+/m0/s1. The highest BCUT2D eigenvalue weighted by atomic mass is 32.2. The lowest BCUT2D eigenvalue weighted by Crippen LogP contribution is -2.60. The topological polar surface area (TPSA) is 135 Å². The maximum absolute atomic E-state index is 15.8. The normalized spacial score (nSPS) is 26.9. The molecule has 11 heteroatoms. The van der Waals surface area contributed by atoms with E-state index in [1.165, 1.54) is 18.3 Å². The summed E-state index contributed by atoms with van der Waals surface area (Å²) in [6.07, 6.45) is 3.43. The molecule has 3 atom stereocenters. The van der Waals surface area contributed by atoms with E-state index < -0.39 is 42.7 Å². The number of halogens is 1. The number of ether oxygens (including phenoxy) is 1. The van der Waals surface area contributed by atoms with Gasteiger partial charge in [0.05, 0.1) is 44.7 Å². The minimum atomic E-state index is -3.07. The molecule has 228 valence electrons. The lowest BCUT2D eigenvalue weighted by Gasteiger charge is -2.50. The van der Waals surface area contributed by atoms with Crippen LogP contribution < -0.4 is 0 Å². The van der Waals surface area contributed by atoms with Crippen molar-refractivity contribution in [3.05, 3.63) is 58.4 Å². The monoisotopic (exact) mass is 607 g/mol. The van der Waals surface area contributed by atoms with Crippen molar-refractivity contribution in [2.45, 2.75) is 102 Å². The number of hydrogen-bond acceptors (Lipinski definition) is 9. The molecule has 0 amide bonds. The fraction of sp³-hybridized carbons (Fsp3) is 0.562.